The summed E-state index contributed by atoms with van der Waals surface area (Å²) in [6.45, 7) is 14.4. The molecule has 1 aliphatic heterocycles. The third-order valence-corrected chi connectivity index (χ3v) is 6.38. The van der Waals surface area contributed by atoms with Gasteiger partial charge in [0.05, 0.1) is 36.8 Å². The van der Waals surface area contributed by atoms with Crippen molar-refractivity contribution in [3.05, 3.63) is 77.7 Å². The van der Waals surface area contributed by atoms with E-state index in [0.29, 0.717) is 60.2 Å². The minimum absolute atomic E-state index is 0. The Labute approximate surface area is 282 Å². The maximum atomic E-state index is 13.4. The quantitative estimate of drug-likeness (QED) is 0.0809. The molecule has 2 amide bonds. The van der Waals surface area contributed by atoms with Crippen LogP contribution in [0.15, 0.2) is 66.4 Å². The van der Waals surface area contributed by atoms with Gasteiger partial charge in [-0.25, -0.2) is 10.7 Å². The zero-order valence-corrected chi connectivity index (χ0v) is 28.6. The van der Waals surface area contributed by atoms with Gasteiger partial charge in [-0.2, -0.15) is 0 Å². The third-order valence-electron chi connectivity index (χ3n) is 6.38. The molecule has 1 radical (unpaired) electrons. The molecule has 11 nitrogen and oxygen atoms in total. The number of nitrogens with two attached hydrogens (primary N) is 2. The molecule has 0 spiro atoms. The van der Waals surface area contributed by atoms with Gasteiger partial charge in [0.2, 0.25) is 11.8 Å². The standard InChI is InChI=1S/C26H37N6O3.C5H12O2.Y/c1-4-16-35-17-14-30-23(33)11-12-24(34)31-18-19(5-2)20(6-3)25(28)26(32(29)15-13-27)21-9-7-8-10-22(21)31;1-2-3-4-5-7-6;/h5-10,27H,2-4,11-18,28-29H2,1H3,(H,30,33);6H,2-5H2,1H3;/q-1;;/b20-19-,26-25-;;. The second-order valence-electron chi connectivity index (χ2n) is 9.55. The predicted molar refractivity (Wildman–Crippen MR) is 169 cm³/mol. The van der Waals surface area contributed by atoms with Crippen molar-refractivity contribution in [1.82, 2.24) is 10.3 Å². The van der Waals surface area contributed by atoms with Crippen LogP contribution in [0, 0.1) is 0 Å². The number of carbonyl (C=O) groups is 2. The fourth-order valence-corrected chi connectivity index (χ4v) is 4.24. The molecule has 7 N–H and O–H groups in total. The molecule has 0 aromatic heterocycles. The first-order valence-corrected chi connectivity index (χ1v) is 14.5. The number of fused-ring (bicyclic) bond motifs is 1. The number of hydrazine groups is 1. The van der Waals surface area contributed by atoms with Crippen LogP contribution in [0.2, 0.25) is 0 Å². The zero-order chi connectivity index (χ0) is 31.3. The van der Waals surface area contributed by atoms with Gasteiger partial charge in [0.25, 0.3) is 0 Å². The SMILES string of the molecule is C=C/C1=C(C=C)/C(N)=C(/N(N)CC[NH-])c2ccccc2N(C(=O)CCC(=O)NCCOCCC)C1.CCCCCOO.[Y]. The van der Waals surface area contributed by atoms with Crippen LogP contribution in [0.4, 0.5) is 5.69 Å². The second-order valence-corrected chi connectivity index (χ2v) is 9.55. The fourth-order valence-electron chi connectivity index (χ4n) is 4.24. The van der Waals surface area contributed by atoms with Crippen molar-refractivity contribution in [2.75, 3.05) is 50.9 Å². The zero-order valence-electron chi connectivity index (χ0n) is 25.8. The fraction of sp³-hybridized carbons (Fsp3) is 0.484. The number of unbranched alkanes of at least 4 members (excludes halogenated alkanes) is 2. The molecule has 0 bridgehead atoms. The van der Waals surface area contributed by atoms with Crippen LogP contribution >= 0.6 is 0 Å². The van der Waals surface area contributed by atoms with Crippen molar-refractivity contribution in [2.24, 2.45) is 11.6 Å². The number of hydrogen-bond acceptors (Lipinski definition) is 8. The smallest absolute Gasteiger partial charge is 0.227 e. The average molecular weight is 675 g/mol. The molecule has 43 heavy (non-hydrogen) atoms. The van der Waals surface area contributed by atoms with Crippen molar-refractivity contribution in [2.45, 2.75) is 52.4 Å². The Balaban J connectivity index is 0.00000196. The molecule has 0 saturated carbocycles. The number of nitrogens with zero attached hydrogens (tertiary/aromatic N) is 2. The maximum absolute atomic E-state index is 13.4. The van der Waals surface area contributed by atoms with Crippen LogP contribution in [-0.4, -0.2) is 68.1 Å². The number of ether oxygens (including phenoxy) is 1. The molecule has 2 rings (SSSR count). The van der Waals surface area contributed by atoms with E-state index in [1.54, 1.807) is 17.1 Å². The number of benzene rings is 1. The molecular weight excluding hydrogens is 625 g/mol. The van der Waals surface area contributed by atoms with Crippen LogP contribution in [0.25, 0.3) is 11.4 Å². The number of anilines is 1. The van der Waals surface area contributed by atoms with E-state index in [2.05, 4.69) is 30.3 Å². The van der Waals surface area contributed by atoms with Gasteiger partial charge in [-0.1, -0.05) is 70.2 Å². The van der Waals surface area contributed by atoms with Gasteiger partial charge in [0.1, 0.15) is 0 Å². The predicted octanol–water partition coefficient (Wildman–Crippen LogP) is 4.54. The minimum atomic E-state index is -0.221. The van der Waals surface area contributed by atoms with Crippen molar-refractivity contribution in [1.29, 1.82) is 0 Å². The number of amides is 2. The Morgan fingerprint density at radius 2 is 1.84 bits per heavy atom. The first kappa shape index (κ1) is 40.6. The van der Waals surface area contributed by atoms with Crippen LogP contribution < -0.4 is 21.8 Å². The molecule has 1 aromatic carbocycles. The van der Waals surface area contributed by atoms with Gasteiger partial charge in [0.15, 0.2) is 0 Å². The molecule has 237 valence electrons. The van der Waals surface area contributed by atoms with Gasteiger partial charge in [-0.05, 0) is 24.5 Å². The summed E-state index contributed by atoms with van der Waals surface area (Å²) in [6, 6.07) is 7.32. The van der Waals surface area contributed by atoms with Crippen LogP contribution in [0.1, 0.15) is 57.9 Å². The molecule has 1 aliphatic rings. The number of nitrogens with one attached hydrogen (secondary N) is 2. The monoisotopic (exact) mass is 674 g/mol. The first-order chi connectivity index (χ1) is 20.3. The summed E-state index contributed by atoms with van der Waals surface area (Å²) in [6.07, 6.45) is 7.53. The van der Waals surface area contributed by atoms with Crippen molar-refractivity contribution in [3.63, 3.8) is 0 Å². The molecule has 1 aromatic rings. The van der Waals surface area contributed by atoms with E-state index in [1.807, 2.05) is 31.2 Å². The maximum Gasteiger partial charge on any atom is 0.227 e. The number of carbonyl (C=O) groups excluding carboxylic acids is 2. The molecule has 0 saturated heterocycles. The molecule has 0 fully saturated rings. The average Bonchev–Trinajstić information content (AvgIpc) is 2.98. The summed E-state index contributed by atoms with van der Waals surface area (Å²) in [4.78, 5) is 31.1. The summed E-state index contributed by atoms with van der Waals surface area (Å²) in [5, 5.41) is 12.0. The van der Waals surface area contributed by atoms with E-state index in [1.165, 1.54) is 11.4 Å². The number of para-hydroxylation sites is 1. The summed E-state index contributed by atoms with van der Waals surface area (Å²) >= 11 is 0. The van der Waals surface area contributed by atoms with Gasteiger partial charge in [0, 0.05) is 76.4 Å². The Morgan fingerprint density at radius 1 is 1.12 bits per heavy atom. The van der Waals surface area contributed by atoms with E-state index in [0.717, 1.165) is 19.3 Å². The van der Waals surface area contributed by atoms with Gasteiger partial charge in [-0.3, -0.25) is 14.8 Å². The summed E-state index contributed by atoms with van der Waals surface area (Å²) in [7, 11) is 0. The molecule has 1 heterocycles. The second kappa shape index (κ2) is 24.0. The Morgan fingerprint density at radius 3 is 2.44 bits per heavy atom. The summed E-state index contributed by atoms with van der Waals surface area (Å²) in [5.41, 5.74) is 17.7. The van der Waals surface area contributed by atoms with Crippen LogP contribution in [0.3, 0.4) is 0 Å². The molecule has 12 heteroatoms. The van der Waals surface area contributed by atoms with Crippen molar-refractivity contribution >= 4 is 23.2 Å². The van der Waals surface area contributed by atoms with Gasteiger partial charge < -0.3 is 31.4 Å². The van der Waals surface area contributed by atoms with Crippen LogP contribution in [-0.2, 0) is 51.9 Å². The van der Waals surface area contributed by atoms with E-state index in [-0.39, 0.29) is 77.0 Å². The minimum Gasteiger partial charge on any atom is -0.676 e. The van der Waals surface area contributed by atoms with E-state index < -0.39 is 0 Å². The van der Waals surface area contributed by atoms with E-state index in [9.17, 15) is 9.59 Å². The Bertz CT molecular complexity index is 1070. The molecular formula is C31H49N6O5Y-. The Kier molecular flexibility index (Phi) is 22.7. The summed E-state index contributed by atoms with van der Waals surface area (Å²) in [5.74, 6) is 5.88. The Hall–Kier alpha value is -2.38. The normalized spacial score (nSPS) is 16.0. The third kappa shape index (κ3) is 13.9. The number of rotatable bonds is 17. The van der Waals surface area contributed by atoms with E-state index >= 15 is 0 Å². The number of hydrogen-bond donors (Lipinski definition) is 4. The molecule has 0 unspecified atom stereocenters. The van der Waals surface area contributed by atoms with Gasteiger partial charge in [-0.15, -0.1) is 6.54 Å². The van der Waals surface area contributed by atoms with E-state index in [4.69, 9.17) is 27.3 Å². The van der Waals surface area contributed by atoms with Gasteiger partial charge >= 0.3 is 0 Å². The molecule has 0 aliphatic carbocycles. The summed E-state index contributed by atoms with van der Waals surface area (Å²) < 4.78 is 5.37. The first-order valence-electron chi connectivity index (χ1n) is 14.5. The number of allylic oxidation sites excluding steroid dienone is 1. The van der Waals surface area contributed by atoms with Crippen molar-refractivity contribution < 1.29 is 57.2 Å². The van der Waals surface area contributed by atoms with Crippen molar-refractivity contribution in [3.8, 4) is 0 Å². The molecule has 0 atom stereocenters. The topological polar surface area (TPSA) is 167 Å². The largest absolute Gasteiger partial charge is 0.676 e. The van der Waals surface area contributed by atoms with Crippen LogP contribution in [0.5, 0.6) is 0 Å².